The lowest BCUT2D eigenvalue weighted by Crippen LogP contribution is -2.37. The minimum Gasteiger partial charge on any atom is -0.383 e. The van der Waals surface area contributed by atoms with E-state index >= 15 is 0 Å². The van der Waals surface area contributed by atoms with Crippen LogP contribution < -0.4 is 5.32 Å². The zero-order valence-corrected chi connectivity index (χ0v) is 12.3. The Balaban J connectivity index is 2.71. The summed E-state index contributed by atoms with van der Waals surface area (Å²) in [6.07, 6.45) is 0. The lowest BCUT2D eigenvalue weighted by atomic mass is 10.3. The minimum absolute atomic E-state index is 0.172. The second-order valence-corrected chi connectivity index (χ2v) is 4.11. The zero-order chi connectivity index (χ0) is 14.8. The summed E-state index contributed by atoms with van der Waals surface area (Å²) in [6.45, 7) is 4.66. The number of rotatable bonds is 9. The molecule has 0 bridgehead atoms. The molecule has 0 spiro atoms. The standard InChI is InChI=1S/C13H22N4O3/c1-4-14-12-6-5-11(15-16-12)13(18)17(7-9-19-2)8-10-20-3/h5-6H,4,7-10H2,1-3H3,(H,14,16). The molecular weight excluding hydrogens is 260 g/mol. The zero-order valence-electron chi connectivity index (χ0n) is 12.3. The molecule has 112 valence electrons. The van der Waals surface area contributed by atoms with Crippen LogP contribution in [0, 0.1) is 0 Å². The third kappa shape index (κ3) is 5.10. The van der Waals surface area contributed by atoms with Crippen molar-refractivity contribution < 1.29 is 14.3 Å². The molecule has 1 aromatic rings. The lowest BCUT2D eigenvalue weighted by molar-refractivity contribution is 0.0621. The first-order valence-electron chi connectivity index (χ1n) is 6.57. The van der Waals surface area contributed by atoms with Gasteiger partial charge < -0.3 is 19.7 Å². The van der Waals surface area contributed by atoms with Gasteiger partial charge in [0.05, 0.1) is 13.2 Å². The third-order valence-electron chi connectivity index (χ3n) is 2.66. The summed E-state index contributed by atoms with van der Waals surface area (Å²) in [5.74, 6) is 0.485. The fraction of sp³-hybridized carbons (Fsp3) is 0.615. The number of nitrogens with one attached hydrogen (secondary N) is 1. The Hall–Kier alpha value is -1.73. The Morgan fingerprint density at radius 3 is 2.30 bits per heavy atom. The Kier molecular flexibility index (Phi) is 7.52. The van der Waals surface area contributed by atoms with Gasteiger partial charge in [-0.15, -0.1) is 10.2 Å². The first kappa shape index (κ1) is 16.3. The monoisotopic (exact) mass is 282 g/mol. The molecule has 0 aliphatic rings. The Morgan fingerprint density at radius 1 is 1.20 bits per heavy atom. The molecule has 1 rings (SSSR count). The molecule has 7 heteroatoms. The summed E-state index contributed by atoms with van der Waals surface area (Å²) in [5, 5.41) is 10.9. The van der Waals surface area contributed by atoms with Crippen LogP contribution in [0.3, 0.4) is 0 Å². The van der Waals surface area contributed by atoms with Crippen LogP contribution >= 0.6 is 0 Å². The highest BCUT2D eigenvalue weighted by molar-refractivity contribution is 5.92. The van der Waals surface area contributed by atoms with Gasteiger partial charge in [0.25, 0.3) is 5.91 Å². The molecule has 7 nitrogen and oxygen atoms in total. The molecule has 0 aliphatic heterocycles. The number of ether oxygens (including phenoxy) is 2. The largest absolute Gasteiger partial charge is 0.383 e. The van der Waals surface area contributed by atoms with Gasteiger partial charge in [0.15, 0.2) is 5.69 Å². The molecule has 0 saturated carbocycles. The van der Waals surface area contributed by atoms with Crippen molar-refractivity contribution in [1.29, 1.82) is 0 Å². The van der Waals surface area contributed by atoms with Gasteiger partial charge in [0.2, 0.25) is 0 Å². The van der Waals surface area contributed by atoms with Crippen LogP contribution in [0.1, 0.15) is 17.4 Å². The van der Waals surface area contributed by atoms with Crippen LogP contribution in [0.4, 0.5) is 5.82 Å². The quantitative estimate of drug-likeness (QED) is 0.716. The van der Waals surface area contributed by atoms with Crippen LogP contribution in [-0.4, -0.2) is 68.1 Å². The molecule has 0 unspecified atom stereocenters. The van der Waals surface area contributed by atoms with E-state index < -0.39 is 0 Å². The van der Waals surface area contributed by atoms with Crippen molar-refractivity contribution in [3.8, 4) is 0 Å². The molecule has 0 radical (unpaired) electrons. The summed E-state index contributed by atoms with van der Waals surface area (Å²) in [4.78, 5) is 14.0. The van der Waals surface area contributed by atoms with Crippen LogP contribution in [0.5, 0.6) is 0 Å². The summed E-state index contributed by atoms with van der Waals surface area (Å²) < 4.78 is 10.0. The minimum atomic E-state index is -0.172. The molecule has 0 fully saturated rings. The normalized spacial score (nSPS) is 10.3. The molecule has 1 heterocycles. The van der Waals surface area contributed by atoms with Crippen molar-refractivity contribution in [2.45, 2.75) is 6.92 Å². The van der Waals surface area contributed by atoms with Crippen LogP contribution in [0.2, 0.25) is 0 Å². The first-order valence-corrected chi connectivity index (χ1v) is 6.57. The molecule has 1 aromatic heterocycles. The highest BCUT2D eigenvalue weighted by atomic mass is 16.5. The van der Waals surface area contributed by atoms with Crippen molar-refractivity contribution in [2.24, 2.45) is 0 Å². The second kappa shape index (κ2) is 9.22. The van der Waals surface area contributed by atoms with Gasteiger partial charge >= 0.3 is 0 Å². The maximum absolute atomic E-state index is 12.3. The highest BCUT2D eigenvalue weighted by Crippen LogP contribution is 2.05. The molecular formula is C13H22N4O3. The van der Waals surface area contributed by atoms with Gasteiger partial charge in [-0.1, -0.05) is 0 Å². The number of nitrogens with zero attached hydrogens (tertiary/aromatic N) is 3. The van der Waals surface area contributed by atoms with E-state index in [1.54, 1.807) is 31.3 Å². The Bertz CT molecular complexity index is 389. The Labute approximate surface area is 119 Å². The van der Waals surface area contributed by atoms with Crippen molar-refractivity contribution >= 4 is 11.7 Å². The second-order valence-electron chi connectivity index (χ2n) is 4.11. The predicted molar refractivity (Wildman–Crippen MR) is 75.9 cm³/mol. The number of hydrogen-bond donors (Lipinski definition) is 1. The summed E-state index contributed by atoms with van der Waals surface area (Å²) in [5.41, 5.74) is 0.318. The highest BCUT2D eigenvalue weighted by Gasteiger charge is 2.17. The van der Waals surface area contributed by atoms with Crippen LogP contribution in [0.25, 0.3) is 0 Å². The number of amides is 1. The Morgan fingerprint density at radius 2 is 1.85 bits per heavy atom. The molecule has 0 aromatic carbocycles. The van der Waals surface area contributed by atoms with Crippen molar-refractivity contribution in [3.63, 3.8) is 0 Å². The van der Waals surface area contributed by atoms with E-state index in [1.807, 2.05) is 6.92 Å². The van der Waals surface area contributed by atoms with Gasteiger partial charge in [-0.05, 0) is 19.1 Å². The molecule has 0 aliphatic carbocycles. The number of hydrogen-bond acceptors (Lipinski definition) is 6. The van der Waals surface area contributed by atoms with Gasteiger partial charge in [-0.2, -0.15) is 0 Å². The summed E-state index contributed by atoms with van der Waals surface area (Å²) >= 11 is 0. The fourth-order valence-corrected chi connectivity index (χ4v) is 1.60. The lowest BCUT2D eigenvalue weighted by Gasteiger charge is -2.21. The van der Waals surface area contributed by atoms with Crippen molar-refractivity contribution in [3.05, 3.63) is 17.8 Å². The van der Waals surface area contributed by atoms with Gasteiger partial charge in [-0.25, -0.2) is 0 Å². The van der Waals surface area contributed by atoms with E-state index in [1.165, 1.54) is 0 Å². The van der Waals surface area contributed by atoms with E-state index in [0.29, 0.717) is 37.8 Å². The van der Waals surface area contributed by atoms with E-state index in [0.717, 1.165) is 6.54 Å². The van der Waals surface area contributed by atoms with E-state index in [-0.39, 0.29) is 5.91 Å². The van der Waals surface area contributed by atoms with Crippen molar-refractivity contribution in [2.75, 3.05) is 52.4 Å². The van der Waals surface area contributed by atoms with Gasteiger partial charge in [0, 0.05) is 33.9 Å². The van der Waals surface area contributed by atoms with Crippen molar-refractivity contribution in [1.82, 2.24) is 15.1 Å². The van der Waals surface area contributed by atoms with Crippen LogP contribution in [-0.2, 0) is 9.47 Å². The number of carbonyl (C=O) groups excluding carboxylic acids is 1. The van der Waals surface area contributed by atoms with E-state index in [9.17, 15) is 4.79 Å². The number of anilines is 1. The van der Waals surface area contributed by atoms with Gasteiger partial charge in [-0.3, -0.25) is 4.79 Å². The molecule has 20 heavy (non-hydrogen) atoms. The smallest absolute Gasteiger partial charge is 0.274 e. The average molecular weight is 282 g/mol. The molecule has 0 saturated heterocycles. The first-order chi connectivity index (χ1) is 9.72. The van der Waals surface area contributed by atoms with E-state index in [4.69, 9.17) is 9.47 Å². The fourth-order valence-electron chi connectivity index (χ4n) is 1.60. The number of methoxy groups -OCH3 is 2. The van der Waals surface area contributed by atoms with Gasteiger partial charge in [0.1, 0.15) is 5.82 Å². The third-order valence-corrected chi connectivity index (χ3v) is 2.66. The molecule has 1 N–H and O–H groups in total. The average Bonchev–Trinajstić information content (AvgIpc) is 2.48. The number of aromatic nitrogens is 2. The maximum Gasteiger partial charge on any atom is 0.274 e. The summed E-state index contributed by atoms with van der Waals surface area (Å²) in [7, 11) is 3.20. The topological polar surface area (TPSA) is 76.6 Å². The van der Waals surface area contributed by atoms with E-state index in [2.05, 4.69) is 15.5 Å². The maximum atomic E-state index is 12.3. The molecule has 1 amide bonds. The predicted octanol–water partition coefficient (Wildman–Crippen LogP) is 0.643. The number of carbonyl (C=O) groups is 1. The summed E-state index contributed by atoms with van der Waals surface area (Å²) in [6, 6.07) is 3.41. The molecule has 0 atom stereocenters. The van der Waals surface area contributed by atoms with Crippen LogP contribution in [0.15, 0.2) is 12.1 Å². The SMILES string of the molecule is CCNc1ccc(C(=O)N(CCOC)CCOC)nn1.